The number of aromatic nitrogens is 1. The van der Waals surface area contributed by atoms with Gasteiger partial charge in [-0.25, -0.2) is 4.98 Å². The highest BCUT2D eigenvalue weighted by atomic mass is 32.1. The van der Waals surface area contributed by atoms with Crippen molar-refractivity contribution in [1.29, 1.82) is 0 Å². The van der Waals surface area contributed by atoms with Crippen molar-refractivity contribution < 1.29 is 14.0 Å². The summed E-state index contributed by atoms with van der Waals surface area (Å²) in [6.07, 6.45) is 5.23. The molecule has 1 fully saturated rings. The van der Waals surface area contributed by atoms with E-state index in [0.29, 0.717) is 22.1 Å². The number of hydrogen-bond donors (Lipinski definition) is 2. The predicted octanol–water partition coefficient (Wildman–Crippen LogP) is 4.47. The number of carbonyl (C=O) groups excluding carboxylic acids is 2. The number of para-hydroxylation sites is 2. The lowest BCUT2D eigenvalue weighted by atomic mass is 10.1. The van der Waals surface area contributed by atoms with Gasteiger partial charge in [0.25, 0.3) is 5.91 Å². The SMILES string of the molecule is Cc1occc1C(=O)Nc1nc(CC(=O)Nc2ccccc2N2CCCCC2)cs1. The molecule has 0 spiro atoms. The summed E-state index contributed by atoms with van der Waals surface area (Å²) < 4.78 is 5.16. The van der Waals surface area contributed by atoms with Crippen LogP contribution in [-0.2, 0) is 11.2 Å². The normalized spacial score (nSPS) is 13.8. The molecular weight excluding hydrogens is 400 g/mol. The number of anilines is 3. The molecule has 2 N–H and O–H groups in total. The number of hydrogen-bond acceptors (Lipinski definition) is 6. The van der Waals surface area contributed by atoms with Crippen molar-refractivity contribution >= 4 is 39.7 Å². The third-order valence-electron chi connectivity index (χ3n) is 5.09. The minimum absolute atomic E-state index is 0.131. The lowest BCUT2D eigenvalue weighted by molar-refractivity contribution is -0.115. The molecule has 3 heterocycles. The smallest absolute Gasteiger partial charge is 0.260 e. The number of carbonyl (C=O) groups is 2. The fourth-order valence-corrected chi connectivity index (χ4v) is 4.28. The molecule has 1 aliphatic heterocycles. The monoisotopic (exact) mass is 424 g/mol. The molecule has 0 saturated carbocycles. The first kappa shape index (κ1) is 20.2. The van der Waals surface area contributed by atoms with E-state index in [1.807, 2.05) is 18.2 Å². The first-order valence-electron chi connectivity index (χ1n) is 10.0. The summed E-state index contributed by atoms with van der Waals surface area (Å²) in [4.78, 5) is 31.6. The zero-order chi connectivity index (χ0) is 20.9. The van der Waals surface area contributed by atoms with Crippen LogP contribution in [0.15, 0.2) is 46.4 Å². The quantitative estimate of drug-likeness (QED) is 0.610. The number of thiazole rings is 1. The van der Waals surface area contributed by atoms with E-state index in [4.69, 9.17) is 4.42 Å². The Morgan fingerprint density at radius 1 is 1.13 bits per heavy atom. The van der Waals surface area contributed by atoms with Crippen molar-refractivity contribution in [1.82, 2.24) is 4.98 Å². The number of piperidine rings is 1. The molecule has 0 radical (unpaired) electrons. The minimum Gasteiger partial charge on any atom is -0.469 e. The lowest BCUT2D eigenvalue weighted by Gasteiger charge is -2.30. The number of benzene rings is 1. The molecule has 1 aliphatic rings. The van der Waals surface area contributed by atoms with Crippen LogP contribution in [0.1, 0.15) is 41.1 Å². The summed E-state index contributed by atoms with van der Waals surface area (Å²) in [5.74, 6) is 0.145. The minimum atomic E-state index is -0.276. The van der Waals surface area contributed by atoms with E-state index in [2.05, 4.69) is 26.6 Å². The first-order valence-corrected chi connectivity index (χ1v) is 10.9. The van der Waals surface area contributed by atoms with Crippen molar-refractivity contribution in [2.24, 2.45) is 0 Å². The van der Waals surface area contributed by atoms with Gasteiger partial charge in [-0.05, 0) is 44.4 Å². The van der Waals surface area contributed by atoms with Crippen LogP contribution in [0.3, 0.4) is 0 Å². The van der Waals surface area contributed by atoms with Crippen molar-refractivity contribution in [2.45, 2.75) is 32.6 Å². The van der Waals surface area contributed by atoms with Crippen LogP contribution >= 0.6 is 11.3 Å². The number of furan rings is 1. The predicted molar refractivity (Wildman–Crippen MR) is 118 cm³/mol. The van der Waals surface area contributed by atoms with Crippen LogP contribution in [0.25, 0.3) is 0 Å². The van der Waals surface area contributed by atoms with Crippen LogP contribution in [0, 0.1) is 6.92 Å². The molecule has 0 unspecified atom stereocenters. The molecule has 0 atom stereocenters. The van der Waals surface area contributed by atoms with E-state index in [1.54, 1.807) is 18.4 Å². The zero-order valence-corrected chi connectivity index (χ0v) is 17.6. The number of nitrogens with zero attached hydrogens (tertiary/aromatic N) is 2. The number of rotatable bonds is 6. The Balaban J connectivity index is 1.37. The molecule has 0 bridgehead atoms. The number of nitrogens with one attached hydrogen (secondary N) is 2. The molecule has 3 aromatic rings. The van der Waals surface area contributed by atoms with Gasteiger partial charge < -0.3 is 14.6 Å². The Morgan fingerprint density at radius 2 is 1.93 bits per heavy atom. The lowest BCUT2D eigenvalue weighted by Crippen LogP contribution is -2.30. The van der Waals surface area contributed by atoms with E-state index >= 15 is 0 Å². The maximum absolute atomic E-state index is 12.6. The second kappa shape index (κ2) is 9.13. The second-order valence-corrected chi connectivity index (χ2v) is 8.14. The van der Waals surface area contributed by atoms with Gasteiger partial charge in [-0.3, -0.25) is 14.9 Å². The highest BCUT2D eigenvalue weighted by molar-refractivity contribution is 7.14. The Kier molecular flexibility index (Phi) is 6.13. The largest absolute Gasteiger partial charge is 0.469 e. The zero-order valence-electron chi connectivity index (χ0n) is 16.8. The number of amides is 2. The fourth-order valence-electron chi connectivity index (χ4n) is 3.58. The average molecular weight is 425 g/mol. The summed E-state index contributed by atoms with van der Waals surface area (Å²) in [7, 11) is 0. The van der Waals surface area contributed by atoms with Gasteiger partial charge in [0.1, 0.15) is 5.76 Å². The second-order valence-electron chi connectivity index (χ2n) is 7.28. The molecular formula is C22H24N4O3S. The van der Waals surface area contributed by atoms with E-state index in [9.17, 15) is 9.59 Å². The summed E-state index contributed by atoms with van der Waals surface area (Å²) in [6, 6.07) is 9.53. The van der Waals surface area contributed by atoms with Gasteiger partial charge in [0.2, 0.25) is 5.91 Å². The summed E-state index contributed by atoms with van der Waals surface area (Å²) >= 11 is 1.29. The maximum Gasteiger partial charge on any atom is 0.260 e. The number of aryl methyl sites for hydroxylation is 1. The highest BCUT2D eigenvalue weighted by Gasteiger charge is 2.17. The van der Waals surface area contributed by atoms with Crippen molar-refractivity contribution in [3.05, 3.63) is 59.0 Å². The highest BCUT2D eigenvalue weighted by Crippen LogP contribution is 2.28. The molecule has 1 saturated heterocycles. The molecule has 30 heavy (non-hydrogen) atoms. The van der Waals surface area contributed by atoms with Gasteiger partial charge in [0, 0.05) is 18.5 Å². The molecule has 0 aliphatic carbocycles. The molecule has 156 valence electrons. The van der Waals surface area contributed by atoms with Crippen molar-refractivity contribution in [3.8, 4) is 0 Å². The van der Waals surface area contributed by atoms with Crippen LogP contribution in [0.5, 0.6) is 0 Å². The third-order valence-corrected chi connectivity index (χ3v) is 5.90. The van der Waals surface area contributed by atoms with Crippen LogP contribution < -0.4 is 15.5 Å². The van der Waals surface area contributed by atoms with Gasteiger partial charge in [-0.2, -0.15) is 0 Å². The topological polar surface area (TPSA) is 87.5 Å². The Morgan fingerprint density at radius 3 is 2.70 bits per heavy atom. The van der Waals surface area contributed by atoms with Gasteiger partial charge in [0.05, 0.1) is 35.3 Å². The van der Waals surface area contributed by atoms with Gasteiger partial charge >= 0.3 is 0 Å². The average Bonchev–Trinajstić information content (AvgIpc) is 3.37. The molecule has 2 aromatic heterocycles. The molecule has 4 rings (SSSR count). The van der Waals surface area contributed by atoms with E-state index in [-0.39, 0.29) is 18.2 Å². The van der Waals surface area contributed by atoms with Gasteiger partial charge in [-0.15, -0.1) is 11.3 Å². The Hall–Kier alpha value is -3.13. The van der Waals surface area contributed by atoms with E-state index in [1.165, 1.54) is 36.9 Å². The van der Waals surface area contributed by atoms with Gasteiger partial charge in [-0.1, -0.05) is 12.1 Å². The summed E-state index contributed by atoms with van der Waals surface area (Å²) in [5, 5.41) is 8.01. The van der Waals surface area contributed by atoms with E-state index in [0.717, 1.165) is 24.5 Å². The molecule has 8 heteroatoms. The summed E-state index contributed by atoms with van der Waals surface area (Å²) in [5.41, 5.74) is 2.97. The van der Waals surface area contributed by atoms with Crippen LogP contribution in [-0.4, -0.2) is 29.9 Å². The molecule has 2 amide bonds. The molecule has 1 aromatic carbocycles. The maximum atomic E-state index is 12.6. The van der Waals surface area contributed by atoms with Crippen molar-refractivity contribution in [2.75, 3.05) is 28.6 Å². The standard InChI is InChI=1S/C22H24N4O3S/c1-15-17(9-12-29-15)21(28)25-22-23-16(14-30-22)13-20(27)24-18-7-3-4-8-19(18)26-10-5-2-6-11-26/h3-4,7-9,12,14H,2,5-6,10-11,13H2,1H3,(H,24,27)(H,23,25,28). The Labute approximate surface area is 179 Å². The molecule has 7 nitrogen and oxygen atoms in total. The van der Waals surface area contributed by atoms with E-state index < -0.39 is 0 Å². The van der Waals surface area contributed by atoms with Gasteiger partial charge in [0.15, 0.2) is 5.13 Å². The van der Waals surface area contributed by atoms with Crippen LogP contribution in [0.4, 0.5) is 16.5 Å². The van der Waals surface area contributed by atoms with Crippen LogP contribution in [0.2, 0.25) is 0 Å². The summed E-state index contributed by atoms with van der Waals surface area (Å²) in [6.45, 7) is 3.75. The fraction of sp³-hybridized carbons (Fsp3) is 0.318. The van der Waals surface area contributed by atoms with Crippen molar-refractivity contribution in [3.63, 3.8) is 0 Å². The Bertz CT molecular complexity index is 1040. The third kappa shape index (κ3) is 4.71. The first-order chi connectivity index (χ1) is 14.6.